The maximum atomic E-state index is 12.2. The first-order valence-corrected chi connectivity index (χ1v) is 10.5. The zero-order valence-corrected chi connectivity index (χ0v) is 16.6. The Labute approximate surface area is 163 Å². The third-order valence-electron chi connectivity index (χ3n) is 5.67. The van der Waals surface area contributed by atoms with Crippen molar-refractivity contribution in [2.75, 3.05) is 0 Å². The zero-order chi connectivity index (χ0) is 19.5. The molecule has 0 saturated carbocycles. The molecule has 2 unspecified atom stereocenters. The van der Waals surface area contributed by atoms with Crippen LogP contribution in [0.5, 0.6) is 5.75 Å². The fourth-order valence-corrected chi connectivity index (χ4v) is 4.15. The second-order valence-electron chi connectivity index (χ2n) is 7.72. The molecule has 150 valence electrons. The first kappa shape index (κ1) is 21.7. The van der Waals surface area contributed by atoms with Gasteiger partial charge in [-0.3, -0.25) is 0 Å². The van der Waals surface area contributed by atoms with Crippen molar-refractivity contribution in [2.45, 2.75) is 77.7 Å². The number of hydrogen-bond donors (Lipinski definition) is 0. The van der Waals surface area contributed by atoms with Crippen molar-refractivity contribution in [3.63, 3.8) is 0 Å². The zero-order valence-electron chi connectivity index (χ0n) is 16.6. The van der Waals surface area contributed by atoms with Gasteiger partial charge in [0.1, 0.15) is 5.75 Å². The molecule has 1 aromatic carbocycles. The van der Waals surface area contributed by atoms with Crippen molar-refractivity contribution in [2.24, 2.45) is 11.8 Å². The summed E-state index contributed by atoms with van der Waals surface area (Å²) < 4.78 is 28.9. The van der Waals surface area contributed by atoms with Gasteiger partial charge in [-0.15, -0.1) is 6.58 Å². The molecule has 0 fully saturated rings. The van der Waals surface area contributed by atoms with Gasteiger partial charge in [-0.2, -0.15) is 8.78 Å². The lowest BCUT2D eigenvalue weighted by Gasteiger charge is -2.23. The van der Waals surface area contributed by atoms with E-state index in [0.29, 0.717) is 0 Å². The highest BCUT2D eigenvalue weighted by atomic mass is 19.3. The third kappa shape index (κ3) is 7.86. The Morgan fingerprint density at radius 3 is 2.56 bits per heavy atom. The number of rotatable bonds is 12. The molecule has 1 nitrogen and oxygen atoms in total. The number of hydrogen-bond acceptors (Lipinski definition) is 1. The Bertz CT molecular complexity index is 577. The van der Waals surface area contributed by atoms with Gasteiger partial charge in [0.15, 0.2) is 0 Å². The minimum atomic E-state index is -2.76. The van der Waals surface area contributed by atoms with E-state index < -0.39 is 6.61 Å². The molecule has 0 radical (unpaired) electrons. The Morgan fingerprint density at radius 1 is 1.19 bits per heavy atom. The van der Waals surface area contributed by atoms with Gasteiger partial charge in [-0.05, 0) is 67.2 Å². The first-order chi connectivity index (χ1) is 13.1. The number of allylic oxidation sites excluding steroid dienone is 3. The fourth-order valence-electron chi connectivity index (χ4n) is 4.15. The summed E-state index contributed by atoms with van der Waals surface area (Å²) in [5, 5.41) is 0. The van der Waals surface area contributed by atoms with Gasteiger partial charge in [0.2, 0.25) is 0 Å². The molecule has 1 aliphatic carbocycles. The van der Waals surface area contributed by atoms with Gasteiger partial charge in [-0.25, -0.2) is 0 Å². The van der Waals surface area contributed by atoms with Crippen LogP contribution in [0.15, 0.2) is 43.0 Å². The van der Waals surface area contributed by atoms with E-state index >= 15 is 0 Å². The predicted molar refractivity (Wildman–Crippen MR) is 110 cm³/mol. The average Bonchev–Trinajstić information content (AvgIpc) is 2.67. The van der Waals surface area contributed by atoms with Crippen LogP contribution >= 0.6 is 0 Å². The smallest absolute Gasteiger partial charge is 0.387 e. The SMILES string of the molecule is C=CCCC(CCC)CCCC1CC=C(c2ccc(OC(F)F)cc2)CC1. The standard InChI is InChI=1S/C24H34F2O/c1-3-5-8-19(7-4-2)9-6-10-20-11-13-21(14-12-20)22-15-17-23(18-16-22)27-24(25)26/h3,13,15-20,24H,1,4-12,14H2,2H3. The molecule has 0 saturated heterocycles. The van der Waals surface area contributed by atoms with Gasteiger partial charge in [-0.1, -0.05) is 63.3 Å². The Hall–Kier alpha value is -1.64. The van der Waals surface area contributed by atoms with Crippen LogP contribution in [0.2, 0.25) is 0 Å². The molecule has 0 aromatic heterocycles. The van der Waals surface area contributed by atoms with Crippen LogP contribution in [-0.4, -0.2) is 6.61 Å². The normalized spacial score (nSPS) is 18.2. The van der Waals surface area contributed by atoms with Crippen LogP contribution in [-0.2, 0) is 0 Å². The summed E-state index contributed by atoms with van der Waals surface area (Å²) in [5.74, 6) is 1.87. The lowest BCUT2D eigenvalue weighted by Crippen LogP contribution is -2.07. The van der Waals surface area contributed by atoms with Gasteiger partial charge >= 0.3 is 6.61 Å². The quantitative estimate of drug-likeness (QED) is 0.336. The number of benzene rings is 1. The highest BCUT2D eigenvalue weighted by molar-refractivity contribution is 5.66. The van der Waals surface area contributed by atoms with Crippen molar-refractivity contribution >= 4 is 5.57 Å². The number of ether oxygens (including phenoxy) is 1. The van der Waals surface area contributed by atoms with E-state index in [1.54, 1.807) is 12.1 Å². The lowest BCUT2D eigenvalue weighted by molar-refractivity contribution is -0.0498. The van der Waals surface area contributed by atoms with Gasteiger partial charge < -0.3 is 4.74 Å². The molecular formula is C24H34F2O. The summed E-state index contributed by atoms with van der Waals surface area (Å²) in [6, 6.07) is 7.04. The predicted octanol–water partition coefficient (Wildman–Crippen LogP) is 8.02. The molecule has 0 spiro atoms. The molecular weight excluding hydrogens is 342 g/mol. The Balaban J connectivity index is 1.76. The van der Waals surface area contributed by atoms with E-state index in [-0.39, 0.29) is 5.75 Å². The van der Waals surface area contributed by atoms with Gasteiger partial charge in [0, 0.05) is 0 Å². The molecule has 27 heavy (non-hydrogen) atoms. The van der Waals surface area contributed by atoms with E-state index in [1.165, 1.54) is 50.5 Å². The highest BCUT2D eigenvalue weighted by Crippen LogP contribution is 2.34. The van der Waals surface area contributed by atoms with Crippen molar-refractivity contribution in [1.29, 1.82) is 0 Å². The molecule has 0 amide bonds. The Kier molecular flexibility index (Phi) is 9.58. The van der Waals surface area contributed by atoms with Crippen LogP contribution in [0.25, 0.3) is 5.57 Å². The molecule has 1 aliphatic rings. The lowest BCUT2D eigenvalue weighted by atomic mass is 9.82. The average molecular weight is 377 g/mol. The van der Waals surface area contributed by atoms with Gasteiger partial charge in [0.25, 0.3) is 0 Å². The summed E-state index contributed by atoms with van der Waals surface area (Å²) >= 11 is 0. The topological polar surface area (TPSA) is 9.23 Å². The maximum Gasteiger partial charge on any atom is 0.387 e. The van der Waals surface area contributed by atoms with E-state index in [0.717, 1.165) is 36.7 Å². The molecule has 2 rings (SSSR count). The Morgan fingerprint density at radius 2 is 1.96 bits per heavy atom. The monoisotopic (exact) mass is 376 g/mol. The summed E-state index contributed by atoms with van der Waals surface area (Å²) in [6.07, 6.45) is 16.9. The van der Waals surface area contributed by atoms with E-state index in [9.17, 15) is 8.78 Å². The number of alkyl halides is 2. The van der Waals surface area contributed by atoms with Crippen LogP contribution < -0.4 is 4.74 Å². The molecule has 0 heterocycles. The minimum absolute atomic E-state index is 0.223. The van der Waals surface area contributed by atoms with Crippen LogP contribution in [0.4, 0.5) is 8.78 Å². The van der Waals surface area contributed by atoms with Crippen molar-refractivity contribution in [3.05, 3.63) is 48.6 Å². The molecule has 3 heteroatoms. The second kappa shape index (κ2) is 11.9. The van der Waals surface area contributed by atoms with E-state index in [2.05, 4.69) is 24.3 Å². The molecule has 0 N–H and O–H groups in total. The van der Waals surface area contributed by atoms with E-state index in [4.69, 9.17) is 0 Å². The molecule has 0 aliphatic heterocycles. The molecule has 2 atom stereocenters. The van der Waals surface area contributed by atoms with Crippen LogP contribution in [0, 0.1) is 11.8 Å². The van der Waals surface area contributed by atoms with Gasteiger partial charge in [0.05, 0.1) is 0 Å². The fraction of sp³-hybridized carbons (Fsp3) is 0.583. The summed E-state index contributed by atoms with van der Waals surface area (Å²) in [4.78, 5) is 0. The summed E-state index contributed by atoms with van der Waals surface area (Å²) in [5.41, 5.74) is 2.46. The third-order valence-corrected chi connectivity index (χ3v) is 5.67. The highest BCUT2D eigenvalue weighted by Gasteiger charge is 2.16. The second-order valence-corrected chi connectivity index (χ2v) is 7.72. The molecule has 0 bridgehead atoms. The minimum Gasteiger partial charge on any atom is -0.435 e. The summed E-state index contributed by atoms with van der Waals surface area (Å²) in [6.45, 7) is 3.36. The largest absolute Gasteiger partial charge is 0.435 e. The van der Waals surface area contributed by atoms with E-state index in [1.807, 2.05) is 18.2 Å². The molecule has 1 aromatic rings. The van der Waals surface area contributed by atoms with Crippen molar-refractivity contribution in [1.82, 2.24) is 0 Å². The van der Waals surface area contributed by atoms with Crippen molar-refractivity contribution in [3.8, 4) is 5.75 Å². The van der Waals surface area contributed by atoms with Crippen LogP contribution in [0.1, 0.15) is 76.7 Å². The van der Waals surface area contributed by atoms with Crippen molar-refractivity contribution < 1.29 is 13.5 Å². The maximum absolute atomic E-state index is 12.2. The first-order valence-electron chi connectivity index (χ1n) is 10.5. The van der Waals surface area contributed by atoms with Crippen LogP contribution in [0.3, 0.4) is 0 Å². The number of halogens is 2. The summed E-state index contributed by atoms with van der Waals surface area (Å²) in [7, 11) is 0.